The average Bonchev–Trinajstić information content (AvgIpc) is 3.43. The maximum absolute atomic E-state index is 12.9. The van der Waals surface area contributed by atoms with E-state index in [0.717, 1.165) is 148 Å². The van der Waals surface area contributed by atoms with Gasteiger partial charge in [0.25, 0.3) is 0 Å². The van der Waals surface area contributed by atoms with E-state index in [1.54, 1.807) is 0 Å². The average molecular weight is 1070 g/mol. The number of hydrogen-bond acceptors (Lipinski definition) is 6. The van der Waals surface area contributed by atoms with Crippen molar-refractivity contribution in [2.75, 3.05) is 13.2 Å². The van der Waals surface area contributed by atoms with Crippen molar-refractivity contribution in [2.45, 2.75) is 297 Å². The van der Waals surface area contributed by atoms with Gasteiger partial charge in [0, 0.05) is 19.3 Å². The maximum Gasteiger partial charge on any atom is 0.306 e. The van der Waals surface area contributed by atoms with Crippen molar-refractivity contribution in [3.63, 3.8) is 0 Å². The molecule has 1 atom stereocenters. The van der Waals surface area contributed by atoms with Gasteiger partial charge in [-0.3, -0.25) is 14.4 Å². The number of carbonyl (C=O) groups is 3. The molecular formula is C71H118O6. The second-order valence-electron chi connectivity index (χ2n) is 20.9. The third kappa shape index (κ3) is 62.5. The van der Waals surface area contributed by atoms with E-state index < -0.39 is 6.10 Å². The molecule has 77 heavy (non-hydrogen) atoms. The number of unbranched alkanes of at least 4 members (excludes halogenated alkanes) is 26. The van der Waals surface area contributed by atoms with Gasteiger partial charge < -0.3 is 14.2 Å². The maximum atomic E-state index is 12.9. The summed E-state index contributed by atoms with van der Waals surface area (Å²) in [6.45, 7) is 6.40. The molecule has 1 unspecified atom stereocenters. The lowest BCUT2D eigenvalue weighted by molar-refractivity contribution is -0.167. The number of allylic oxidation sites excluding steroid dienone is 20. The Morgan fingerprint density at radius 1 is 0.273 bits per heavy atom. The van der Waals surface area contributed by atoms with Gasteiger partial charge in [0.15, 0.2) is 6.10 Å². The van der Waals surface area contributed by atoms with Gasteiger partial charge in [-0.25, -0.2) is 0 Å². The molecule has 6 heteroatoms. The van der Waals surface area contributed by atoms with E-state index in [0.29, 0.717) is 19.3 Å². The number of carbonyl (C=O) groups excluding carboxylic acids is 3. The summed E-state index contributed by atoms with van der Waals surface area (Å²) >= 11 is 0. The molecule has 0 bridgehead atoms. The summed E-state index contributed by atoms with van der Waals surface area (Å²) in [5, 5.41) is 0. The molecule has 0 N–H and O–H groups in total. The van der Waals surface area contributed by atoms with Gasteiger partial charge in [0.05, 0.1) is 0 Å². The van der Waals surface area contributed by atoms with Crippen LogP contribution in [0.2, 0.25) is 0 Å². The fourth-order valence-corrected chi connectivity index (χ4v) is 8.69. The molecule has 0 spiro atoms. The SMILES string of the molecule is CC/C=C\C/C=C\C/C=C\C/C=C\C/C=C\C/C=C\CCCCCCCCC(=O)OCC(COC(=O)CCCCCCC/C=C\C/C=C\C/C=C\CC)OC(=O)CCCCCCCCCCC/C=C\CCCCCCCC. The predicted octanol–water partition coefficient (Wildman–Crippen LogP) is 22.0. The number of esters is 3. The quantitative estimate of drug-likeness (QED) is 0.0261. The predicted molar refractivity (Wildman–Crippen MR) is 334 cm³/mol. The van der Waals surface area contributed by atoms with E-state index in [1.807, 2.05) is 0 Å². The van der Waals surface area contributed by atoms with Crippen molar-refractivity contribution in [3.8, 4) is 0 Å². The fraction of sp³-hybridized carbons (Fsp3) is 0.676. The van der Waals surface area contributed by atoms with Crippen LogP contribution in [-0.2, 0) is 28.6 Å². The first-order chi connectivity index (χ1) is 38.0. The zero-order chi connectivity index (χ0) is 55.7. The molecule has 0 saturated carbocycles. The summed E-state index contributed by atoms with van der Waals surface area (Å²) in [6.07, 6.45) is 89.1. The lowest BCUT2D eigenvalue weighted by atomic mass is 10.1. The van der Waals surface area contributed by atoms with Crippen LogP contribution in [0, 0.1) is 0 Å². The molecule has 438 valence electrons. The van der Waals surface area contributed by atoms with Gasteiger partial charge in [-0.2, -0.15) is 0 Å². The first-order valence-electron chi connectivity index (χ1n) is 32.0. The van der Waals surface area contributed by atoms with Crippen molar-refractivity contribution < 1.29 is 28.6 Å². The normalized spacial score (nSPS) is 12.9. The van der Waals surface area contributed by atoms with Gasteiger partial charge in [0.2, 0.25) is 0 Å². The van der Waals surface area contributed by atoms with Crippen molar-refractivity contribution in [2.24, 2.45) is 0 Å². The molecule has 0 aliphatic rings. The van der Waals surface area contributed by atoms with Crippen molar-refractivity contribution in [1.29, 1.82) is 0 Å². The summed E-state index contributed by atoms with van der Waals surface area (Å²) in [5.74, 6) is -0.921. The van der Waals surface area contributed by atoms with Crippen LogP contribution in [0.5, 0.6) is 0 Å². The summed E-state index contributed by atoms with van der Waals surface area (Å²) in [5.41, 5.74) is 0. The van der Waals surface area contributed by atoms with Crippen molar-refractivity contribution >= 4 is 17.9 Å². The van der Waals surface area contributed by atoms with Crippen LogP contribution in [0.15, 0.2) is 122 Å². The summed E-state index contributed by atoms with van der Waals surface area (Å²) in [6, 6.07) is 0. The molecule has 6 nitrogen and oxygen atoms in total. The highest BCUT2D eigenvalue weighted by Crippen LogP contribution is 2.15. The Bertz CT molecular complexity index is 1600. The second kappa shape index (κ2) is 64.3. The molecule has 0 amide bonds. The lowest BCUT2D eigenvalue weighted by Crippen LogP contribution is -2.30. The van der Waals surface area contributed by atoms with Gasteiger partial charge in [0.1, 0.15) is 13.2 Å². The Morgan fingerprint density at radius 2 is 0.506 bits per heavy atom. The monoisotopic (exact) mass is 1070 g/mol. The zero-order valence-electron chi connectivity index (χ0n) is 50.2. The minimum absolute atomic E-state index is 0.0943. The molecule has 0 heterocycles. The van der Waals surface area contributed by atoms with Gasteiger partial charge in [-0.1, -0.05) is 264 Å². The van der Waals surface area contributed by atoms with Crippen molar-refractivity contribution in [3.05, 3.63) is 122 Å². The highest BCUT2D eigenvalue weighted by atomic mass is 16.6. The highest BCUT2D eigenvalue weighted by Gasteiger charge is 2.19. The number of rotatable bonds is 57. The number of hydrogen-bond donors (Lipinski definition) is 0. The Balaban J connectivity index is 4.42. The van der Waals surface area contributed by atoms with Crippen LogP contribution in [0.25, 0.3) is 0 Å². The van der Waals surface area contributed by atoms with Gasteiger partial charge in [-0.15, -0.1) is 0 Å². The largest absolute Gasteiger partial charge is 0.462 e. The van der Waals surface area contributed by atoms with Crippen molar-refractivity contribution in [1.82, 2.24) is 0 Å². The van der Waals surface area contributed by atoms with Gasteiger partial charge >= 0.3 is 17.9 Å². The van der Waals surface area contributed by atoms with Crippen LogP contribution in [0.1, 0.15) is 290 Å². The molecule has 0 aliphatic heterocycles. The summed E-state index contributed by atoms with van der Waals surface area (Å²) < 4.78 is 16.9. The van der Waals surface area contributed by atoms with Crippen LogP contribution >= 0.6 is 0 Å². The fourth-order valence-electron chi connectivity index (χ4n) is 8.69. The smallest absolute Gasteiger partial charge is 0.306 e. The lowest BCUT2D eigenvalue weighted by Gasteiger charge is -2.18. The molecule has 0 aromatic rings. The van der Waals surface area contributed by atoms with Crippen LogP contribution < -0.4 is 0 Å². The van der Waals surface area contributed by atoms with Crippen LogP contribution in [0.4, 0.5) is 0 Å². The highest BCUT2D eigenvalue weighted by molar-refractivity contribution is 5.71. The number of ether oxygens (including phenoxy) is 3. The Labute approximate surface area is 475 Å². The third-order valence-electron chi connectivity index (χ3n) is 13.4. The van der Waals surface area contributed by atoms with E-state index >= 15 is 0 Å². The van der Waals surface area contributed by atoms with E-state index in [-0.39, 0.29) is 31.1 Å². The molecule has 0 aliphatic carbocycles. The molecule has 0 rings (SSSR count). The summed E-state index contributed by atoms with van der Waals surface area (Å²) in [7, 11) is 0. The van der Waals surface area contributed by atoms with Gasteiger partial charge in [-0.05, 0) is 128 Å². The summed E-state index contributed by atoms with van der Waals surface area (Å²) in [4.78, 5) is 38.3. The van der Waals surface area contributed by atoms with E-state index in [1.165, 1.54) is 103 Å². The van der Waals surface area contributed by atoms with E-state index in [4.69, 9.17) is 14.2 Å². The second-order valence-corrected chi connectivity index (χ2v) is 20.9. The molecular weight excluding hydrogens is 949 g/mol. The van der Waals surface area contributed by atoms with Crippen LogP contribution in [0.3, 0.4) is 0 Å². The minimum atomic E-state index is -0.797. The van der Waals surface area contributed by atoms with E-state index in [2.05, 4.69) is 142 Å². The zero-order valence-corrected chi connectivity index (χ0v) is 50.2. The van der Waals surface area contributed by atoms with Crippen LogP contribution in [-0.4, -0.2) is 37.2 Å². The third-order valence-corrected chi connectivity index (χ3v) is 13.4. The molecule has 0 saturated heterocycles. The minimum Gasteiger partial charge on any atom is -0.462 e. The molecule has 0 fully saturated rings. The topological polar surface area (TPSA) is 78.9 Å². The Morgan fingerprint density at radius 3 is 0.805 bits per heavy atom. The molecule has 0 aromatic heterocycles. The Hall–Kier alpha value is -4.19. The molecule has 0 aromatic carbocycles. The first kappa shape index (κ1) is 72.8. The standard InChI is InChI=1S/C71H118O6/c1-4-7-10-13-16-19-22-25-28-30-32-33-34-35-36-37-39-40-43-46-49-52-55-58-61-64-70(73)76-67-68(66-75-69(72)63-60-57-54-51-48-45-42-27-24-21-18-15-12-9-6-3)77-71(74)65-62-59-56-53-50-47-44-41-38-31-29-26-23-20-17-14-11-8-5-2/h7,9-10,12,16,18-19,21,25-29,32-33,35-36,39-40,42,68H,4-6,8,11,13-15,17,20,22-24,30-31,34,37-38,41,43-67H2,1-3H3/b10-7-,12-9-,19-16-,21-18-,28-25-,29-26-,33-32-,36-35-,40-39-,42-27-. The van der Waals surface area contributed by atoms with E-state index in [9.17, 15) is 14.4 Å². The first-order valence-corrected chi connectivity index (χ1v) is 32.0. The Kier molecular flexibility index (Phi) is 60.8. The molecule has 0 radical (unpaired) electrons.